The number of benzene rings is 2. The molecule has 22 heavy (non-hydrogen) atoms. The van der Waals surface area contributed by atoms with E-state index >= 15 is 0 Å². The van der Waals surface area contributed by atoms with Crippen LogP contribution in [-0.2, 0) is 17.6 Å². The summed E-state index contributed by atoms with van der Waals surface area (Å²) in [5.41, 5.74) is 2.11. The van der Waals surface area contributed by atoms with Gasteiger partial charge in [0.25, 0.3) is 0 Å². The van der Waals surface area contributed by atoms with Crippen LogP contribution < -0.4 is 5.32 Å². The second kappa shape index (κ2) is 7.61. The van der Waals surface area contributed by atoms with Gasteiger partial charge in [-0.1, -0.05) is 35.9 Å². The maximum atomic E-state index is 11.8. The summed E-state index contributed by atoms with van der Waals surface area (Å²) in [6.07, 6.45) is 0.944. The zero-order chi connectivity index (χ0) is 15.9. The number of halogens is 1. The van der Waals surface area contributed by atoms with Crippen molar-refractivity contribution in [2.24, 2.45) is 0 Å². The van der Waals surface area contributed by atoms with Gasteiger partial charge in [-0.05, 0) is 41.8 Å². The van der Waals surface area contributed by atoms with E-state index in [1.165, 1.54) is 0 Å². The molecule has 0 radical (unpaired) electrons. The molecule has 5 heteroatoms. The van der Waals surface area contributed by atoms with Crippen molar-refractivity contribution in [3.8, 4) is 0 Å². The maximum Gasteiger partial charge on any atom is 0.335 e. The summed E-state index contributed by atoms with van der Waals surface area (Å²) in [6.45, 7) is 0.506. The third-order valence-electron chi connectivity index (χ3n) is 3.19. The van der Waals surface area contributed by atoms with Gasteiger partial charge in [0.1, 0.15) is 0 Å². The van der Waals surface area contributed by atoms with E-state index in [0.29, 0.717) is 24.4 Å². The standard InChI is InChI=1S/C17H16ClNO3/c18-15-3-1-2-13(10-15)11-16(20)19-9-8-12-4-6-14(7-5-12)17(21)22/h1-7,10H,8-9,11H2,(H,19,20)(H,21,22). The SMILES string of the molecule is O=C(Cc1cccc(Cl)c1)NCCc1ccc(C(=O)O)cc1. The molecule has 1 amide bonds. The van der Waals surface area contributed by atoms with Gasteiger partial charge in [-0.25, -0.2) is 4.79 Å². The number of hydrogen-bond donors (Lipinski definition) is 2. The van der Waals surface area contributed by atoms with Crippen molar-refractivity contribution in [3.05, 3.63) is 70.2 Å². The zero-order valence-corrected chi connectivity index (χ0v) is 12.6. The van der Waals surface area contributed by atoms with Crippen LogP contribution in [0.15, 0.2) is 48.5 Å². The molecule has 2 aromatic carbocycles. The van der Waals surface area contributed by atoms with Crippen molar-refractivity contribution in [2.45, 2.75) is 12.8 Å². The van der Waals surface area contributed by atoms with E-state index in [1.807, 2.05) is 12.1 Å². The molecule has 0 aliphatic carbocycles. The van der Waals surface area contributed by atoms with Crippen LogP contribution in [0.2, 0.25) is 5.02 Å². The van der Waals surface area contributed by atoms with Crippen LogP contribution in [0.4, 0.5) is 0 Å². The smallest absolute Gasteiger partial charge is 0.335 e. The first-order chi connectivity index (χ1) is 10.5. The molecular weight excluding hydrogens is 302 g/mol. The van der Waals surface area contributed by atoms with E-state index in [2.05, 4.69) is 5.32 Å². The monoisotopic (exact) mass is 317 g/mol. The normalized spacial score (nSPS) is 10.2. The van der Waals surface area contributed by atoms with Crippen LogP contribution >= 0.6 is 11.6 Å². The minimum Gasteiger partial charge on any atom is -0.478 e. The Kier molecular flexibility index (Phi) is 5.55. The molecular formula is C17H16ClNO3. The molecule has 0 fully saturated rings. The van der Waals surface area contributed by atoms with Gasteiger partial charge in [0.15, 0.2) is 0 Å². The number of nitrogens with one attached hydrogen (secondary N) is 1. The molecule has 2 rings (SSSR count). The molecule has 0 aliphatic heterocycles. The molecule has 0 unspecified atom stereocenters. The highest BCUT2D eigenvalue weighted by atomic mass is 35.5. The Morgan fingerprint density at radius 1 is 1.05 bits per heavy atom. The summed E-state index contributed by atoms with van der Waals surface area (Å²) in [6, 6.07) is 13.8. The third kappa shape index (κ3) is 4.90. The summed E-state index contributed by atoms with van der Waals surface area (Å²) in [7, 11) is 0. The van der Waals surface area contributed by atoms with Gasteiger partial charge in [-0.3, -0.25) is 4.79 Å². The number of carbonyl (C=O) groups is 2. The quantitative estimate of drug-likeness (QED) is 0.861. The third-order valence-corrected chi connectivity index (χ3v) is 3.43. The lowest BCUT2D eigenvalue weighted by atomic mass is 10.1. The Balaban J connectivity index is 1.78. The molecule has 114 valence electrons. The number of rotatable bonds is 6. The van der Waals surface area contributed by atoms with Crippen LogP contribution in [0.1, 0.15) is 21.5 Å². The summed E-state index contributed by atoms with van der Waals surface area (Å²) < 4.78 is 0. The fourth-order valence-corrected chi connectivity index (χ4v) is 2.27. The lowest BCUT2D eigenvalue weighted by Gasteiger charge is -2.06. The summed E-state index contributed by atoms with van der Waals surface area (Å²) in [5, 5.41) is 12.3. The molecule has 0 saturated heterocycles. The number of carboxylic acid groups (broad SMARTS) is 1. The second-order valence-electron chi connectivity index (χ2n) is 4.91. The highest BCUT2D eigenvalue weighted by Crippen LogP contribution is 2.11. The first-order valence-corrected chi connectivity index (χ1v) is 7.26. The highest BCUT2D eigenvalue weighted by molar-refractivity contribution is 6.30. The van der Waals surface area contributed by atoms with Crippen molar-refractivity contribution >= 4 is 23.5 Å². The average Bonchev–Trinajstić information content (AvgIpc) is 2.47. The van der Waals surface area contributed by atoms with Crippen LogP contribution in [0.3, 0.4) is 0 Å². The van der Waals surface area contributed by atoms with Crippen molar-refractivity contribution in [3.63, 3.8) is 0 Å². The minimum atomic E-state index is -0.943. The molecule has 0 atom stereocenters. The van der Waals surface area contributed by atoms with Crippen LogP contribution in [-0.4, -0.2) is 23.5 Å². The molecule has 0 aromatic heterocycles. The summed E-state index contributed by atoms with van der Waals surface area (Å²) in [4.78, 5) is 22.6. The van der Waals surface area contributed by atoms with Crippen molar-refractivity contribution in [2.75, 3.05) is 6.54 Å². The number of carboxylic acids is 1. The van der Waals surface area contributed by atoms with Gasteiger partial charge in [0, 0.05) is 11.6 Å². The largest absolute Gasteiger partial charge is 0.478 e. The maximum absolute atomic E-state index is 11.8. The van der Waals surface area contributed by atoms with Crippen LogP contribution in [0.5, 0.6) is 0 Å². The van der Waals surface area contributed by atoms with Crippen LogP contribution in [0, 0.1) is 0 Å². The highest BCUT2D eigenvalue weighted by Gasteiger charge is 2.05. The fourth-order valence-electron chi connectivity index (χ4n) is 2.06. The van der Waals surface area contributed by atoms with Crippen molar-refractivity contribution < 1.29 is 14.7 Å². The molecule has 0 bridgehead atoms. The number of amides is 1. The van der Waals surface area contributed by atoms with E-state index in [-0.39, 0.29) is 11.5 Å². The summed E-state index contributed by atoms with van der Waals surface area (Å²) >= 11 is 5.87. The molecule has 4 nitrogen and oxygen atoms in total. The topological polar surface area (TPSA) is 66.4 Å². The van der Waals surface area contributed by atoms with E-state index in [4.69, 9.17) is 16.7 Å². The Labute approximate surface area is 133 Å². The first-order valence-electron chi connectivity index (χ1n) is 6.88. The van der Waals surface area contributed by atoms with Crippen molar-refractivity contribution in [1.29, 1.82) is 0 Å². The van der Waals surface area contributed by atoms with E-state index in [9.17, 15) is 9.59 Å². The fraction of sp³-hybridized carbons (Fsp3) is 0.176. The second-order valence-corrected chi connectivity index (χ2v) is 5.35. The molecule has 0 aliphatic rings. The first kappa shape index (κ1) is 16.0. The lowest BCUT2D eigenvalue weighted by Crippen LogP contribution is -2.27. The Hall–Kier alpha value is -2.33. The molecule has 0 saturated carbocycles. The molecule has 2 N–H and O–H groups in total. The van der Waals surface area contributed by atoms with E-state index in [1.54, 1.807) is 36.4 Å². The minimum absolute atomic E-state index is 0.0653. The van der Waals surface area contributed by atoms with Crippen LogP contribution in [0.25, 0.3) is 0 Å². The predicted molar refractivity (Wildman–Crippen MR) is 85.3 cm³/mol. The van der Waals surface area contributed by atoms with Crippen molar-refractivity contribution in [1.82, 2.24) is 5.32 Å². The summed E-state index contributed by atoms with van der Waals surface area (Å²) in [5.74, 6) is -1.01. The van der Waals surface area contributed by atoms with Gasteiger partial charge in [-0.2, -0.15) is 0 Å². The van der Waals surface area contributed by atoms with Gasteiger partial charge < -0.3 is 10.4 Å². The van der Waals surface area contributed by atoms with Gasteiger partial charge in [0.05, 0.1) is 12.0 Å². The van der Waals surface area contributed by atoms with E-state index in [0.717, 1.165) is 11.1 Å². The van der Waals surface area contributed by atoms with Gasteiger partial charge >= 0.3 is 5.97 Å². The molecule has 0 heterocycles. The number of aromatic carboxylic acids is 1. The Morgan fingerprint density at radius 2 is 1.77 bits per heavy atom. The molecule has 0 spiro atoms. The molecule has 2 aromatic rings. The number of carbonyl (C=O) groups excluding carboxylic acids is 1. The van der Waals surface area contributed by atoms with Gasteiger partial charge in [-0.15, -0.1) is 0 Å². The zero-order valence-electron chi connectivity index (χ0n) is 11.9. The van der Waals surface area contributed by atoms with Gasteiger partial charge in [0.2, 0.25) is 5.91 Å². The lowest BCUT2D eigenvalue weighted by molar-refractivity contribution is -0.120. The van der Waals surface area contributed by atoms with E-state index < -0.39 is 5.97 Å². The predicted octanol–water partition coefficient (Wildman–Crippen LogP) is 2.94. The average molecular weight is 318 g/mol. The number of hydrogen-bond acceptors (Lipinski definition) is 2. The Morgan fingerprint density at radius 3 is 2.41 bits per heavy atom. The Bertz CT molecular complexity index is 668.